The summed E-state index contributed by atoms with van der Waals surface area (Å²) in [7, 11) is 0. The molecule has 0 amide bonds. The number of nitrogens with two attached hydrogens (primary N) is 1. The molecule has 0 heterocycles. The highest BCUT2D eigenvalue weighted by atomic mass is 16.5. The summed E-state index contributed by atoms with van der Waals surface area (Å²) >= 11 is 0. The van der Waals surface area contributed by atoms with Gasteiger partial charge in [-0.1, -0.05) is 12.1 Å². The van der Waals surface area contributed by atoms with E-state index in [1.54, 1.807) is 0 Å². The van der Waals surface area contributed by atoms with Crippen LogP contribution in [0.3, 0.4) is 0 Å². The SMILES string of the molecule is C[C@@H](N)c1cccc(OCCOCCO)c1. The Morgan fingerprint density at radius 2 is 2.12 bits per heavy atom. The molecule has 0 aliphatic rings. The molecule has 4 nitrogen and oxygen atoms in total. The van der Waals surface area contributed by atoms with Crippen molar-refractivity contribution in [1.29, 1.82) is 0 Å². The van der Waals surface area contributed by atoms with Crippen LogP contribution in [-0.2, 0) is 4.74 Å². The van der Waals surface area contributed by atoms with Crippen LogP contribution >= 0.6 is 0 Å². The van der Waals surface area contributed by atoms with Gasteiger partial charge in [0, 0.05) is 6.04 Å². The second kappa shape index (κ2) is 7.22. The zero-order valence-electron chi connectivity index (χ0n) is 9.56. The second-order valence-electron chi connectivity index (χ2n) is 3.55. The van der Waals surface area contributed by atoms with E-state index in [1.807, 2.05) is 31.2 Å². The van der Waals surface area contributed by atoms with Gasteiger partial charge in [0.15, 0.2) is 0 Å². The molecule has 0 saturated heterocycles. The molecular formula is C12H19NO3. The molecule has 0 spiro atoms. The van der Waals surface area contributed by atoms with E-state index in [0.29, 0.717) is 19.8 Å². The molecule has 1 aromatic rings. The average Bonchev–Trinajstić information content (AvgIpc) is 2.29. The van der Waals surface area contributed by atoms with E-state index in [0.717, 1.165) is 11.3 Å². The largest absolute Gasteiger partial charge is 0.491 e. The lowest BCUT2D eigenvalue weighted by Crippen LogP contribution is -2.10. The smallest absolute Gasteiger partial charge is 0.119 e. The molecule has 16 heavy (non-hydrogen) atoms. The van der Waals surface area contributed by atoms with Gasteiger partial charge in [0.25, 0.3) is 0 Å². The topological polar surface area (TPSA) is 64.7 Å². The number of hydrogen-bond acceptors (Lipinski definition) is 4. The van der Waals surface area contributed by atoms with E-state index < -0.39 is 0 Å². The number of ether oxygens (including phenoxy) is 2. The molecule has 0 fully saturated rings. The van der Waals surface area contributed by atoms with Gasteiger partial charge < -0.3 is 20.3 Å². The Morgan fingerprint density at radius 3 is 2.81 bits per heavy atom. The summed E-state index contributed by atoms with van der Waals surface area (Å²) in [5, 5.41) is 8.50. The van der Waals surface area contributed by atoms with Gasteiger partial charge in [-0.2, -0.15) is 0 Å². The molecule has 1 rings (SSSR count). The van der Waals surface area contributed by atoms with Crippen LogP contribution in [0, 0.1) is 0 Å². The summed E-state index contributed by atoms with van der Waals surface area (Å²) in [6, 6.07) is 7.71. The molecular weight excluding hydrogens is 206 g/mol. The maximum absolute atomic E-state index is 8.50. The molecule has 4 heteroatoms. The highest BCUT2D eigenvalue weighted by Gasteiger charge is 2.00. The van der Waals surface area contributed by atoms with Crippen LogP contribution < -0.4 is 10.5 Å². The molecule has 3 N–H and O–H groups in total. The predicted molar refractivity (Wildman–Crippen MR) is 62.4 cm³/mol. The molecule has 1 atom stereocenters. The number of hydrogen-bond donors (Lipinski definition) is 2. The standard InChI is InChI=1S/C12H19NO3/c1-10(13)11-3-2-4-12(9-11)16-8-7-15-6-5-14/h2-4,9-10,14H,5-8,13H2,1H3/t10-/m1/s1. The van der Waals surface area contributed by atoms with Gasteiger partial charge >= 0.3 is 0 Å². The third-order valence-electron chi connectivity index (χ3n) is 2.12. The molecule has 0 aliphatic heterocycles. The molecule has 0 unspecified atom stereocenters. The number of aliphatic hydroxyl groups excluding tert-OH is 1. The van der Waals surface area contributed by atoms with Crippen LogP contribution in [0.5, 0.6) is 5.75 Å². The summed E-state index contributed by atoms with van der Waals surface area (Å²) < 4.78 is 10.6. The molecule has 1 aromatic carbocycles. The van der Waals surface area contributed by atoms with Crippen molar-refractivity contribution in [2.75, 3.05) is 26.4 Å². The fourth-order valence-corrected chi connectivity index (χ4v) is 1.27. The summed E-state index contributed by atoms with van der Waals surface area (Å²) in [4.78, 5) is 0. The minimum absolute atomic E-state index is 0.00851. The maximum atomic E-state index is 8.50. The third kappa shape index (κ3) is 4.61. The average molecular weight is 225 g/mol. The monoisotopic (exact) mass is 225 g/mol. The van der Waals surface area contributed by atoms with Crippen molar-refractivity contribution in [3.05, 3.63) is 29.8 Å². The number of benzene rings is 1. The minimum atomic E-state index is 0.00851. The number of aliphatic hydroxyl groups is 1. The first-order chi connectivity index (χ1) is 7.74. The molecule has 0 aliphatic carbocycles. The van der Waals surface area contributed by atoms with Gasteiger partial charge in [0.2, 0.25) is 0 Å². The predicted octanol–water partition coefficient (Wildman–Crippen LogP) is 1.09. The summed E-state index contributed by atoms with van der Waals surface area (Å²) in [5.41, 5.74) is 6.82. The Morgan fingerprint density at radius 1 is 1.31 bits per heavy atom. The van der Waals surface area contributed by atoms with E-state index in [4.69, 9.17) is 20.3 Å². The van der Waals surface area contributed by atoms with E-state index in [-0.39, 0.29) is 12.6 Å². The van der Waals surface area contributed by atoms with E-state index >= 15 is 0 Å². The maximum Gasteiger partial charge on any atom is 0.119 e. The zero-order chi connectivity index (χ0) is 11.8. The Hall–Kier alpha value is -1.10. The fourth-order valence-electron chi connectivity index (χ4n) is 1.27. The molecule has 0 aromatic heterocycles. The summed E-state index contributed by atoms with van der Waals surface area (Å²) in [5.74, 6) is 0.794. The van der Waals surface area contributed by atoms with Gasteiger partial charge in [-0.05, 0) is 24.6 Å². The lowest BCUT2D eigenvalue weighted by molar-refractivity contribution is 0.0705. The van der Waals surface area contributed by atoms with Crippen LogP contribution in [-0.4, -0.2) is 31.5 Å². The van der Waals surface area contributed by atoms with Crippen LogP contribution in [0.1, 0.15) is 18.5 Å². The molecule has 0 radical (unpaired) electrons. The fraction of sp³-hybridized carbons (Fsp3) is 0.500. The van der Waals surface area contributed by atoms with Crippen molar-refractivity contribution in [3.8, 4) is 5.75 Å². The van der Waals surface area contributed by atoms with Crippen molar-refractivity contribution in [2.24, 2.45) is 5.73 Å². The van der Waals surface area contributed by atoms with E-state index in [2.05, 4.69) is 0 Å². The Kier molecular flexibility index (Phi) is 5.85. The van der Waals surface area contributed by atoms with Crippen molar-refractivity contribution < 1.29 is 14.6 Å². The lowest BCUT2D eigenvalue weighted by atomic mass is 10.1. The van der Waals surface area contributed by atoms with Gasteiger partial charge in [-0.15, -0.1) is 0 Å². The summed E-state index contributed by atoms with van der Waals surface area (Å²) in [6.07, 6.45) is 0. The highest BCUT2D eigenvalue weighted by molar-refractivity contribution is 5.30. The zero-order valence-corrected chi connectivity index (χ0v) is 9.56. The van der Waals surface area contributed by atoms with Crippen molar-refractivity contribution in [2.45, 2.75) is 13.0 Å². The normalized spacial score (nSPS) is 12.4. The third-order valence-corrected chi connectivity index (χ3v) is 2.12. The van der Waals surface area contributed by atoms with Crippen LogP contribution in [0.15, 0.2) is 24.3 Å². The Balaban J connectivity index is 2.33. The van der Waals surface area contributed by atoms with Crippen LogP contribution in [0.2, 0.25) is 0 Å². The first-order valence-electron chi connectivity index (χ1n) is 5.41. The van der Waals surface area contributed by atoms with Gasteiger partial charge in [0.1, 0.15) is 12.4 Å². The van der Waals surface area contributed by atoms with Gasteiger partial charge in [-0.3, -0.25) is 0 Å². The van der Waals surface area contributed by atoms with Gasteiger partial charge in [-0.25, -0.2) is 0 Å². The first kappa shape index (κ1) is 13.0. The van der Waals surface area contributed by atoms with E-state index in [1.165, 1.54) is 0 Å². The van der Waals surface area contributed by atoms with Crippen LogP contribution in [0.25, 0.3) is 0 Å². The van der Waals surface area contributed by atoms with Crippen molar-refractivity contribution >= 4 is 0 Å². The van der Waals surface area contributed by atoms with Crippen molar-refractivity contribution in [1.82, 2.24) is 0 Å². The van der Waals surface area contributed by atoms with Gasteiger partial charge in [0.05, 0.1) is 19.8 Å². The van der Waals surface area contributed by atoms with E-state index in [9.17, 15) is 0 Å². The first-order valence-corrected chi connectivity index (χ1v) is 5.41. The molecule has 90 valence electrons. The van der Waals surface area contributed by atoms with Crippen molar-refractivity contribution in [3.63, 3.8) is 0 Å². The number of rotatable bonds is 7. The minimum Gasteiger partial charge on any atom is -0.491 e. The molecule has 0 bridgehead atoms. The Bertz CT molecular complexity index is 302. The highest BCUT2D eigenvalue weighted by Crippen LogP contribution is 2.17. The molecule has 0 saturated carbocycles. The lowest BCUT2D eigenvalue weighted by Gasteiger charge is -2.10. The Labute approximate surface area is 96.0 Å². The quantitative estimate of drug-likeness (QED) is 0.682. The summed E-state index contributed by atoms with van der Waals surface area (Å²) in [6.45, 7) is 3.28. The van der Waals surface area contributed by atoms with Crippen LogP contribution in [0.4, 0.5) is 0 Å². The second-order valence-corrected chi connectivity index (χ2v) is 3.55.